The molecular weight excluding hydrogens is 657 g/mol. The maximum atomic E-state index is 14.0. The molecule has 5 rings (SSSR count). The molecule has 0 bridgehead atoms. The minimum Gasteiger partial charge on any atom is -0.496 e. The predicted octanol–water partition coefficient (Wildman–Crippen LogP) is 7.26. The third kappa shape index (κ3) is 8.05. The summed E-state index contributed by atoms with van der Waals surface area (Å²) >= 11 is 0.950. The molecule has 12 heteroatoms. The van der Waals surface area contributed by atoms with Gasteiger partial charge in [0, 0.05) is 17.8 Å². The van der Waals surface area contributed by atoms with Crippen LogP contribution in [0.25, 0.3) is 17.4 Å². The van der Waals surface area contributed by atoms with Crippen LogP contribution in [0.2, 0.25) is 0 Å². The number of amides is 3. The van der Waals surface area contributed by atoms with Crippen LogP contribution in [0.4, 0.5) is 5.69 Å². The molecule has 0 atom stereocenters. The van der Waals surface area contributed by atoms with Crippen LogP contribution in [0.1, 0.15) is 29.9 Å². The van der Waals surface area contributed by atoms with E-state index in [2.05, 4.69) is 16.9 Å². The maximum absolute atomic E-state index is 14.0. The van der Waals surface area contributed by atoms with E-state index in [1.54, 1.807) is 31.2 Å². The minimum atomic E-state index is -0.824. The molecule has 0 saturated carbocycles. The normalized spacial score (nSPS) is 14.3. The van der Waals surface area contributed by atoms with E-state index >= 15 is 0 Å². The third-order valence-electron chi connectivity index (χ3n) is 7.49. The molecule has 1 aromatic heterocycles. The fraction of sp³-hybridized carbons (Fsp3) is 0.105. The number of thioether (sulfide) groups is 1. The van der Waals surface area contributed by atoms with Crippen LogP contribution in [0.3, 0.4) is 0 Å². The number of carbonyl (C=O) groups excluding carboxylic acids is 3. The number of nitrogens with one attached hydrogen (secondary N) is 1. The Morgan fingerprint density at radius 3 is 2.34 bits per heavy atom. The van der Waals surface area contributed by atoms with Gasteiger partial charge in [-0.15, -0.1) is 0 Å². The van der Waals surface area contributed by atoms with Crippen molar-refractivity contribution in [2.45, 2.75) is 13.0 Å². The molecule has 3 amide bonds. The molecule has 0 unspecified atom stereocenters. The van der Waals surface area contributed by atoms with Gasteiger partial charge >= 0.3 is 0 Å². The van der Waals surface area contributed by atoms with Gasteiger partial charge < -0.3 is 14.5 Å². The molecule has 0 radical (unpaired) electrons. The standard InChI is InChI=1S/C38H32N4O7S/c1-4-6-17-27(5-2)41-37(45)31(23-29-19-21-33(49-29)30-22-28(42(46)47)18-20-32(30)48-3)36(44)40-38(41)50-24-34(43)39-35(25-13-9-7-10-14-25)26-15-11-8-12-16-26/h4-23,35H,1,24H2,2-3H3,(H,39,43)/b17-6-,27-5+,31-23+. The van der Waals surface area contributed by atoms with Crippen LogP contribution in [0.5, 0.6) is 5.75 Å². The Kier molecular flexibility index (Phi) is 11.4. The van der Waals surface area contributed by atoms with Crippen LogP contribution < -0.4 is 10.1 Å². The molecule has 252 valence electrons. The zero-order valence-corrected chi connectivity index (χ0v) is 28.0. The zero-order valence-electron chi connectivity index (χ0n) is 27.1. The number of non-ortho nitro benzene ring substituents is 1. The van der Waals surface area contributed by atoms with Crippen molar-refractivity contribution in [3.8, 4) is 17.1 Å². The van der Waals surface area contributed by atoms with Crippen LogP contribution >= 0.6 is 11.8 Å². The molecule has 0 fully saturated rings. The summed E-state index contributed by atoms with van der Waals surface area (Å²) in [5.74, 6) is -1.29. The third-order valence-corrected chi connectivity index (χ3v) is 8.42. The number of ether oxygens (including phenoxy) is 1. The van der Waals surface area contributed by atoms with Gasteiger partial charge in [0.1, 0.15) is 22.8 Å². The van der Waals surface area contributed by atoms with E-state index in [1.807, 2.05) is 60.7 Å². The van der Waals surface area contributed by atoms with E-state index in [4.69, 9.17) is 9.15 Å². The molecule has 1 N–H and O–H groups in total. The number of hydrogen-bond acceptors (Lipinski definition) is 8. The molecule has 0 aliphatic carbocycles. The highest BCUT2D eigenvalue weighted by atomic mass is 32.2. The van der Waals surface area contributed by atoms with Gasteiger partial charge in [-0.25, -0.2) is 0 Å². The largest absolute Gasteiger partial charge is 0.496 e. The van der Waals surface area contributed by atoms with Gasteiger partial charge in [0.2, 0.25) is 5.91 Å². The molecule has 2 heterocycles. The van der Waals surface area contributed by atoms with Gasteiger partial charge in [-0.3, -0.25) is 29.4 Å². The monoisotopic (exact) mass is 688 g/mol. The van der Waals surface area contributed by atoms with Gasteiger partial charge in [0.05, 0.1) is 29.4 Å². The highest BCUT2D eigenvalue weighted by molar-refractivity contribution is 8.14. The van der Waals surface area contributed by atoms with E-state index < -0.39 is 22.8 Å². The average Bonchev–Trinajstić information content (AvgIpc) is 3.61. The first-order valence-corrected chi connectivity index (χ1v) is 16.3. The van der Waals surface area contributed by atoms with Crippen molar-refractivity contribution in [1.29, 1.82) is 0 Å². The molecule has 1 aliphatic rings. The number of amidine groups is 1. The summed E-state index contributed by atoms with van der Waals surface area (Å²) in [7, 11) is 1.42. The van der Waals surface area contributed by atoms with Crippen LogP contribution in [-0.4, -0.2) is 45.6 Å². The molecule has 11 nitrogen and oxygen atoms in total. The van der Waals surface area contributed by atoms with E-state index in [1.165, 1.54) is 48.4 Å². The van der Waals surface area contributed by atoms with Gasteiger partial charge in [0.15, 0.2) is 5.17 Å². The number of nitrogens with zero attached hydrogens (tertiary/aromatic N) is 3. The fourth-order valence-electron chi connectivity index (χ4n) is 5.11. The van der Waals surface area contributed by atoms with Crippen molar-refractivity contribution in [1.82, 2.24) is 10.2 Å². The maximum Gasteiger partial charge on any atom is 0.285 e. The zero-order chi connectivity index (χ0) is 35.6. The van der Waals surface area contributed by atoms with Crippen LogP contribution in [0, 0.1) is 10.1 Å². The Labute approximate surface area is 292 Å². The number of aliphatic imine (C=N–C) groups is 1. The number of carbonyl (C=O) groups is 3. The number of benzene rings is 3. The molecule has 4 aromatic rings. The lowest BCUT2D eigenvalue weighted by Crippen LogP contribution is -2.42. The van der Waals surface area contributed by atoms with Crippen molar-refractivity contribution in [3.05, 3.63) is 160 Å². The van der Waals surface area contributed by atoms with Crippen molar-refractivity contribution in [2.75, 3.05) is 12.9 Å². The minimum absolute atomic E-state index is 0.0200. The average molecular weight is 689 g/mol. The lowest BCUT2D eigenvalue weighted by molar-refractivity contribution is -0.384. The fourth-order valence-corrected chi connectivity index (χ4v) is 5.92. The SMILES string of the molecule is C=C/C=C\C(=C/C)N1C(=O)/C(=C/c2ccc(-c3cc([N+](=O)[O-])ccc3OC)o2)C(=O)N=C1SCC(=O)NC(c1ccccc1)c1ccccc1. The van der Waals surface area contributed by atoms with Crippen molar-refractivity contribution in [2.24, 2.45) is 4.99 Å². The summed E-state index contributed by atoms with van der Waals surface area (Å²) < 4.78 is 11.2. The number of rotatable bonds is 12. The first-order chi connectivity index (χ1) is 24.2. The predicted molar refractivity (Wildman–Crippen MR) is 193 cm³/mol. The summed E-state index contributed by atoms with van der Waals surface area (Å²) in [5, 5.41) is 14.5. The number of nitro benzene ring substituents is 1. The summed E-state index contributed by atoms with van der Waals surface area (Å²) in [6.07, 6.45) is 7.73. The van der Waals surface area contributed by atoms with Gasteiger partial charge in [-0.1, -0.05) is 97.2 Å². The highest BCUT2D eigenvalue weighted by Gasteiger charge is 2.35. The second-order valence-electron chi connectivity index (χ2n) is 10.7. The molecule has 1 aliphatic heterocycles. The number of methoxy groups -OCH3 is 1. The lowest BCUT2D eigenvalue weighted by Gasteiger charge is -2.28. The second-order valence-corrected chi connectivity index (χ2v) is 11.6. The Hall–Kier alpha value is -6.27. The summed E-state index contributed by atoms with van der Waals surface area (Å²) in [6, 6.07) is 25.8. The van der Waals surface area contributed by atoms with E-state index in [-0.39, 0.29) is 39.6 Å². The van der Waals surface area contributed by atoms with Gasteiger partial charge in [-0.2, -0.15) is 4.99 Å². The number of furan rings is 1. The summed E-state index contributed by atoms with van der Waals surface area (Å²) in [6.45, 7) is 5.42. The number of allylic oxidation sites excluding steroid dienone is 4. The van der Waals surface area contributed by atoms with Crippen molar-refractivity contribution < 1.29 is 28.5 Å². The van der Waals surface area contributed by atoms with Crippen molar-refractivity contribution >= 4 is 46.4 Å². The second kappa shape index (κ2) is 16.2. The smallest absolute Gasteiger partial charge is 0.285 e. The van der Waals surface area contributed by atoms with E-state index in [0.29, 0.717) is 17.0 Å². The molecule has 3 aromatic carbocycles. The molecular formula is C38H32N4O7S. The summed E-state index contributed by atoms with van der Waals surface area (Å²) in [4.78, 5) is 57.1. The quantitative estimate of drug-likeness (QED) is 0.0539. The van der Waals surface area contributed by atoms with Crippen LogP contribution in [0.15, 0.2) is 143 Å². The Balaban J connectivity index is 1.43. The Morgan fingerprint density at radius 1 is 1.06 bits per heavy atom. The van der Waals surface area contributed by atoms with Gasteiger partial charge in [-0.05, 0) is 48.4 Å². The van der Waals surface area contributed by atoms with E-state index in [9.17, 15) is 24.5 Å². The molecule has 50 heavy (non-hydrogen) atoms. The molecule has 0 spiro atoms. The molecule has 0 saturated heterocycles. The van der Waals surface area contributed by atoms with Crippen molar-refractivity contribution in [3.63, 3.8) is 0 Å². The summed E-state index contributed by atoms with van der Waals surface area (Å²) in [5.41, 5.74) is 2.05. The topological polar surface area (TPSA) is 144 Å². The first kappa shape index (κ1) is 35.0. The first-order valence-electron chi connectivity index (χ1n) is 15.3. The lowest BCUT2D eigenvalue weighted by atomic mass is 9.99. The van der Waals surface area contributed by atoms with Crippen LogP contribution in [-0.2, 0) is 14.4 Å². The Morgan fingerprint density at radius 2 is 1.74 bits per heavy atom. The highest BCUT2D eigenvalue weighted by Crippen LogP contribution is 2.35. The van der Waals surface area contributed by atoms with E-state index in [0.717, 1.165) is 22.9 Å². The number of nitro groups is 1. The van der Waals surface area contributed by atoms with Gasteiger partial charge in [0.25, 0.3) is 17.5 Å². The number of hydrogen-bond donors (Lipinski definition) is 1. The Bertz CT molecular complexity index is 2010.